The van der Waals surface area contributed by atoms with Gasteiger partial charge in [-0.25, -0.2) is 0 Å². The summed E-state index contributed by atoms with van der Waals surface area (Å²) in [5.41, 5.74) is 3.27. The van der Waals surface area contributed by atoms with Crippen molar-refractivity contribution in [1.29, 1.82) is 0 Å². The van der Waals surface area contributed by atoms with E-state index in [2.05, 4.69) is 12.2 Å². The van der Waals surface area contributed by atoms with Crippen LogP contribution in [0.3, 0.4) is 0 Å². The van der Waals surface area contributed by atoms with E-state index in [9.17, 15) is 4.79 Å². The highest BCUT2D eigenvalue weighted by molar-refractivity contribution is 5.77. The highest BCUT2D eigenvalue weighted by Crippen LogP contribution is 2.28. The second-order valence-corrected chi connectivity index (χ2v) is 6.15. The molecule has 1 N–H and O–H groups in total. The van der Waals surface area contributed by atoms with Crippen molar-refractivity contribution in [3.05, 3.63) is 53.1 Å². The first-order chi connectivity index (χ1) is 12.5. The highest BCUT2D eigenvalue weighted by atomic mass is 16.5. The lowest BCUT2D eigenvalue weighted by Gasteiger charge is -2.12. The van der Waals surface area contributed by atoms with E-state index >= 15 is 0 Å². The quantitative estimate of drug-likeness (QED) is 0.742. The number of aryl methyl sites for hydroxylation is 2. The summed E-state index contributed by atoms with van der Waals surface area (Å²) < 4.78 is 16.5. The number of amides is 1. The molecule has 2 aromatic rings. The number of hydrogen-bond acceptors (Lipinski definition) is 4. The largest absolute Gasteiger partial charge is 0.493 e. The zero-order chi connectivity index (χ0) is 18.9. The van der Waals surface area contributed by atoms with Gasteiger partial charge in [-0.1, -0.05) is 19.1 Å². The molecule has 0 spiro atoms. The van der Waals surface area contributed by atoms with Crippen molar-refractivity contribution in [2.24, 2.45) is 0 Å². The molecule has 0 aliphatic heterocycles. The Labute approximate surface area is 155 Å². The van der Waals surface area contributed by atoms with Gasteiger partial charge in [0.2, 0.25) is 0 Å². The van der Waals surface area contributed by atoms with Crippen LogP contribution >= 0.6 is 0 Å². The maximum Gasteiger partial charge on any atom is 0.258 e. The number of rotatable bonds is 9. The summed E-state index contributed by atoms with van der Waals surface area (Å²) >= 11 is 0. The fraction of sp³-hybridized carbons (Fsp3) is 0.381. The Morgan fingerprint density at radius 2 is 1.81 bits per heavy atom. The van der Waals surface area contributed by atoms with Crippen LogP contribution in [0.2, 0.25) is 0 Å². The smallest absolute Gasteiger partial charge is 0.258 e. The van der Waals surface area contributed by atoms with E-state index in [1.807, 2.05) is 50.2 Å². The molecule has 2 rings (SSSR count). The van der Waals surface area contributed by atoms with E-state index in [0.717, 1.165) is 17.5 Å². The van der Waals surface area contributed by atoms with E-state index in [1.165, 1.54) is 5.56 Å². The van der Waals surface area contributed by atoms with Crippen LogP contribution in [0.25, 0.3) is 0 Å². The summed E-state index contributed by atoms with van der Waals surface area (Å²) in [6, 6.07) is 11.4. The summed E-state index contributed by atoms with van der Waals surface area (Å²) in [5, 5.41) is 2.85. The molecule has 0 saturated heterocycles. The van der Waals surface area contributed by atoms with Crippen molar-refractivity contribution >= 4 is 5.91 Å². The molecule has 0 unspecified atom stereocenters. The first-order valence-electron chi connectivity index (χ1n) is 8.80. The molecular weight excluding hydrogens is 330 g/mol. The molecular formula is C21H27NO4. The van der Waals surface area contributed by atoms with Gasteiger partial charge >= 0.3 is 0 Å². The number of carbonyl (C=O) groups excluding carboxylic acids is 1. The zero-order valence-electron chi connectivity index (χ0n) is 15.9. The summed E-state index contributed by atoms with van der Waals surface area (Å²) in [7, 11) is 1.61. The minimum atomic E-state index is -0.173. The van der Waals surface area contributed by atoms with Gasteiger partial charge in [0, 0.05) is 6.54 Å². The van der Waals surface area contributed by atoms with Crippen LogP contribution in [0.5, 0.6) is 17.2 Å². The lowest BCUT2D eigenvalue weighted by atomic mass is 10.1. The van der Waals surface area contributed by atoms with Gasteiger partial charge in [-0.3, -0.25) is 4.79 Å². The van der Waals surface area contributed by atoms with Crippen molar-refractivity contribution in [3.8, 4) is 17.2 Å². The van der Waals surface area contributed by atoms with E-state index in [4.69, 9.17) is 14.2 Å². The number of methoxy groups -OCH3 is 1. The van der Waals surface area contributed by atoms with Crippen LogP contribution in [-0.4, -0.2) is 26.2 Å². The monoisotopic (exact) mass is 357 g/mol. The Balaban J connectivity index is 1.85. The molecule has 0 heterocycles. The van der Waals surface area contributed by atoms with Gasteiger partial charge < -0.3 is 19.5 Å². The fourth-order valence-electron chi connectivity index (χ4n) is 2.36. The van der Waals surface area contributed by atoms with Crippen LogP contribution in [-0.2, 0) is 11.3 Å². The highest BCUT2D eigenvalue weighted by Gasteiger charge is 2.08. The molecule has 0 atom stereocenters. The van der Waals surface area contributed by atoms with Crippen molar-refractivity contribution in [3.63, 3.8) is 0 Å². The third-order valence-corrected chi connectivity index (χ3v) is 4.03. The van der Waals surface area contributed by atoms with Crippen LogP contribution in [0.4, 0.5) is 0 Å². The van der Waals surface area contributed by atoms with Gasteiger partial charge in [-0.2, -0.15) is 0 Å². The Kier molecular flexibility index (Phi) is 7.33. The van der Waals surface area contributed by atoms with E-state index < -0.39 is 0 Å². The molecule has 1 amide bonds. The molecule has 2 aromatic carbocycles. The molecule has 0 aliphatic carbocycles. The SMILES string of the molecule is CCCOc1ccc(CNC(=O)COc2ccc(C)c(C)c2)cc1OC. The van der Waals surface area contributed by atoms with Gasteiger partial charge in [-0.15, -0.1) is 0 Å². The first-order valence-corrected chi connectivity index (χ1v) is 8.80. The first kappa shape index (κ1) is 19.6. The Morgan fingerprint density at radius 3 is 2.50 bits per heavy atom. The molecule has 0 fully saturated rings. The van der Waals surface area contributed by atoms with E-state index in [-0.39, 0.29) is 12.5 Å². The standard InChI is InChI=1S/C21H27NO4/c1-5-10-25-19-9-7-17(12-20(19)24-4)13-22-21(23)14-26-18-8-6-15(2)16(3)11-18/h6-9,11-12H,5,10,13-14H2,1-4H3,(H,22,23). The minimum absolute atomic E-state index is 0.0165. The molecule has 0 saturated carbocycles. The predicted octanol–water partition coefficient (Wildman–Crippen LogP) is 3.80. The Morgan fingerprint density at radius 1 is 1.00 bits per heavy atom. The molecule has 5 nitrogen and oxygen atoms in total. The summed E-state index contributed by atoms with van der Waals surface area (Å²) in [5.74, 6) is 1.90. The Hall–Kier alpha value is -2.69. The Bertz CT molecular complexity index is 743. The predicted molar refractivity (Wildman–Crippen MR) is 102 cm³/mol. The summed E-state index contributed by atoms with van der Waals surface area (Å²) in [6.45, 7) is 7.14. The molecule has 0 aromatic heterocycles. The fourth-order valence-corrected chi connectivity index (χ4v) is 2.36. The van der Waals surface area contributed by atoms with E-state index in [0.29, 0.717) is 30.4 Å². The second-order valence-electron chi connectivity index (χ2n) is 6.15. The van der Waals surface area contributed by atoms with Crippen LogP contribution in [0, 0.1) is 13.8 Å². The normalized spacial score (nSPS) is 10.3. The maximum absolute atomic E-state index is 12.0. The zero-order valence-corrected chi connectivity index (χ0v) is 15.9. The molecule has 0 radical (unpaired) electrons. The molecule has 26 heavy (non-hydrogen) atoms. The number of hydrogen-bond donors (Lipinski definition) is 1. The maximum atomic E-state index is 12.0. The third-order valence-electron chi connectivity index (χ3n) is 4.03. The average Bonchev–Trinajstić information content (AvgIpc) is 2.65. The lowest BCUT2D eigenvalue weighted by molar-refractivity contribution is -0.123. The van der Waals surface area contributed by atoms with Gasteiger partial charge in [-0.05, 0) is 61.2 Å². The van der Waals surface area contributed by atoms with Crippen molar-refractivity contribution in [2.75, 3.05) is 20.3 Å². The van der Waals surface area contributed by atoms with Crippen molar-refractivity contribution < 1.29 is 19.0 Å². The topological polar surface area (TPSA) is 56.8 Å². The minimum Gasteiger partial charge on any atom is -0.493 e. The second kappa shape index (κ2) is 9.70. The van der Waals surface area contributed by atoms with Crippen molar-refractivity contribution in [2.45, 2.75) is 33.7 Å². The number of carbonyl (C=O) groups is 1. The third kappa shape index (κ3) is 5.69. The molecule has 0 aliphatic rings. The van der Waals surface area contributed by atoms with Gasteiger partial charge in [0.15, 0.2) is 18.1 Å². The van der Waals surface area contributed by atoms with Gasteiger partial charge in [0.1, 0.15) is 5.75 Å². The number of ether oxygens (including phenoxy) is 3. The molecule has 140 valence electrons. The number of benzene rings is 2. The summed E-state index contributed by atoms with van der Waals surface area (Å²) in [6.07, 6.45) is 0.932. The lowest BCUT2D eigenvalue weighted by Crippen LogP contribution is -2.28. The van der Waals surface area contributed by atoms with Crippen LogP contribution in [0.1, 0.15) is 30.0 Å². The van der Waals surface area contributed by atoms with Crippen LogP contribution in [0.15, 0.2) is 36.4 Å². The number of nitrogens with one attached hydrogen (secondary N) is 1. The average molecular weight is 357 g/mol. The van der Waals surface area contributed by atoms with Gasteiger partial charge in [0.05, 0.1) is 13.7 Å². The van der Waals surface area contributed by atoms with Crippen LogP contribution < -0.4 is 19.5 Å². The van der Waals surface area contributed by atoms with Crippen molar-refractivity contribution in [1.82, 2.24) is 5.32 Å². The summed E-state index contributed by atoms with van der Waals surface area (Å²) in [4.78, 5) is 12.0. The van der Waals surface area contributed by atoms with E-state index in [1.54, 1.807) is 7.11 Å². The van der Waals surface area contributed by atoms with Gasteiger partial charge in [0.25, 0.3) is 5.91 Å². The molecule has 0 bridgehead atoms. The molecule has 5 heteroatoms.